The van der Waals surface area contributed by atoms with Crippen LogP contribution in [0.15, 0.2) is 12.1 Å². The summed E-state index contributed by atoms with van der Waals surface area (Å²) in [6.45, 7) is 3.16. The minimum Gasteiger partial charge on any atom is -0.339 e. The van der Waals surface area contributed by atoms with Gasteiger partial charge >= 0.3 is 0 Å². The van der Waals surface area contributed by atoms with Crippen molar-refractivity contribution in [3.05, 3.63) is 21.9 Å². The first kappa shape index (κ1) is 12.9. The van der Waals surface area contributed by atoms with Gasteiger partial charge in [0.05, 0.1) is 6.42 Å². The number of hydrogen-bond donors (Lipinski definition) is 0. The Morgan fingerprint density at radius 1 is 1.15 bits per heavy atom. The Bertz CT molecular complexity index is 509. The van der Waals surface area contributed by atoms with Gasteiger partial charge in [-0.15, -0.1) is 11.3 Å². The molecule has 2 atom stereocenters. The summed E-state index contributed by atoms with van der Waals surface area (Å²) in [6.07, 6.45) is 7.39. The molecule has 3 heterocycles. The highest BCUT2D eigenvalue weighted by Crippen LogP contribution is 2.47. The van der Waals surface area contributed by atoms with Crippen molar-refractivity contribution in [3.63, 3.8) is 0 Å². The van der Waals surface area contributed by atoms with Gasteiger partial charge in [0.2, 0.25) is 5.91 Å². The van der Waals surface area contributed by atoms with Gasteiger partial charge in [0.25, 0.3) is 0 Å². The number of thiophene rings is 1. The van der Waals surface area contributed by atoms with Crippen LogP contribution in [0.1, 0.15) is 41.9 Å². The fraction of sp³-hybridized carbons (Fsp3) is 0.706. The van der Waals surface area contributed by atoms with Gasteiger partial charge in [-0.05, 0) is 68.9 Å². The summed E-state index contributed by atoms with van der Waals surface area (Å²) in [6, 6.07) is 4.81. The van der Waals surface area contributed by atoms with Crippen molar-refractivity contribution >= 4 is 17.2 Å². The molecule has 108 valence electrons. The van der Waals surface area contributed by atoms with E-state index in [1.165, 1.54) is 41.9 Å². The van der Waals surface area contributed by atoms with Crippen molar-refractivity contribution in [2.45, 2.75) is 51.5 Å². The van der Waals surface area contributed by atoms with E-state index in [1.54, 1.807) is 11.3 Å². The summed E-state index contributed by atoms with van der Waals surface area (Å²) in [7, 11) is 0. The van der Waals surface area contributed by atoms with Crippen LogP contribution in [0, 0.1) is 24.7 Å². The minimum absolute atomic E-state index is 0.380. The van der Waals surface area contributed by atoms with Crippen LogP contribution < -0.4 is 0 Å². The number of rotatable bonds is 2. The van der Waals surface area contributed by atoms with Crippen LogP contribution in [0.2, 0.25) is 0 Å². The lowest BCUT2D eigenvalue weighted by atomic mass is 9.68. The second-order valence-electron chi connectivity index (χ2n) is 7.17. The predicted octanol–water partition coefficient (Wildman–Crippen LogP) is 3.64. The molecule has 3 heteroatoms. The third-order valence-corrected chi connectivity index (χ3v) is 6.55. The number of aryl methyl sites for hydroxylation is 1. The van der Waals surface area contributed by atoms with Gasteiger partial charge in [0.1, 0.15) is 0 Å². The first-order valence-electron chi connectivity index (χ1n) is 8.02. The van der Waals surface area contributed by atoms with Crippen molar-refractivity contribution in [2.75, 3.05) is 6.54 Å². The number of amides is 1. The molecule has 1 aromatic rings. The maximum absolute atomic E-state index is 12.7. The summed E-state index contributed by atoms with van der Waals surface area (Å²) in [5.41, 5.74) is 0. The van der Waals surface area contributed by atoms with Gasteiger partial charge in [-0.1, -0.05) is 0 Å². The normalized spacial score (nSPS) is 35.4. The van der Waals surface area contributed by atoms with Gasteiger partial charge in [0.15, 0.2) is 0 Å². The van der Waals surface area contributed by atoms with Crippen molar-refractivity contribution in [1.29, 1.82) is 0 Å². The quantitative estimate of drug-likeness (QED) is 0.814. The Kier molecular flexibility index (Phi) is 3.13. The number of carbonyl (C=O) groups is 1. The molecule has 2 saturated carbocycles. The van der Waals surface area contributed by atoms with Gasteiger partial charge in [-0.2, -0.15) is 0 Å². The van der Waals surface area contributed by atoms with E-state index in [4.69, 9.17) is 0 Å². The van der Waals surface area contributed by atoms with Crippen molar-refractivity contribution in [1.82, 2.24) is 4.90 Å². The molecule has 0 spiro atoms. The molecular formula is C17H23NOS. The Hall–Kier alpha value is -0.830. The summed E-state index contributed by atoms with van der Waals surface area (Å²) >= 11 is 1.77. The maximum Gasteiger partial charge on any atom is 0.228 e. The van der Waals surface area contributed by atoms with E-state index in [9.17, 15) is 4.79 Å². The standard InChI is InChI=1S/C17H23NOS/c1-11-2-3-16(20-11)9-17(19)18-10-14-5-12-4-13(6-14)8-15(18)7-12/h2-3,12-15H,4-10H2,1H3. The fourth-order valence-corrected chi connectivity index (χ4v) is 5.80. The molecule has 2 saturated heterocycles. The highest BCUT2D eigenvalue weighted by Gasteiger charge is 2.43. The third kappa shape index (κ3) is 2.30. The van der Waals surface area contributed by atoms with E-state index in [0.717, 1.165) is 24.3 Å². The van der Waals surface area contributed by atoms with Gasteiger partial charge in [-0.25, -0.2) is 0 Å². The monoisotopic (exact) mass is 289 g/mol. The third-order valence-electron chi connectivity index (χ3n) is 5.55. The molecule has 0 aromatic carbocycles. The Labute approximate surface area is 125 Å². The number of nitrogens with zero attached hydrogens (tertiary/aromatic N) is 1. The molecule has 0 N–H and O–H groups in total. The molecule has 4 aliphatic rings. The Morgan fingerprint density at radius 3 is 2.50 bits per heavy atom. The molecule has 4 bridgehead atoms. The van der Waals surface area contributed by atoms with Crippen molar-refractivity contribution in [3.8, 4) is 0 Å². The molecule has 1 amide bonds. The van der Waals surface area contributed by atoms with E-state index >= 15 is 0 Å². The van der Waals surface area contributed by atoms with E-state index < -0.39 is 0 Å². The fourth-order valence-electron chi connectivity index (χ4n) is 4.92. The zero-order valence-corrected chi connectivity index (χ0v) is 13.0. The van der Waals surface area contributed by atoms with Crippen LogP contribution in [-0.4, -0.2) is 23.4 Å². The van der Waals surface area contributed by atoms with Crippen molar-refractivity contribution < 1.29 is 4.79 Å². The molecule has 1 aromatic heterocycles. The van der Waals surface area contributed by atoms with Gasteiger partial charge in [-0.3, -0.25) is 4.79 Å². The second kappa shape index (κ2) is 4.87. The average Bonchev–Trinajstić information content (AvgIpc) is 2.69. The topological polar surface area (TPSA) is 20.3 Å². The minimum atomic E-state index is 0.380. The van der Waals surface area contributed by atoms with E-state index in [2.05, 4.69) is 24.0 Å². The van der Waals surface area contributed by atoms with E-state index in [0.29, 0.717) is 18.4 Å². The number of hydrogen-bond acceptors (Lipinski definition) is 2. The van der Waals surface area contributed by atoms with Gasteiger partial charge < -0.3 is 4.90 Å². The van der Waals surface area contributed by atoms with Crippen LogP contribution in [0.25, 0.3) is 0 Å². The second-order valence-corrected chi connectivity index (χ2v) is 8.54. The maximum atomic E-state index is 12.7. The molecule has 2 aliphatic heterocycles. The molecular weight excluding hydrogens is 266 g/mol. The van der Waals surface area contributed by atoms with Crippen molar-refractivity contribution in [2.24, 2.45) is 17.8 Å². The van der Waals surface area contributed by atoms with Crippen LogP contribution in [0.4, 0.5) is 0 Å². The van der Waals surface area contributed by atoms with Crippen LogP contribution in [0.3, 0.4) is 0 Å². The molecule has 5 rings (SSSR count). The molecule has 2 aliphatic carbocycles. The van der Waals surface area contributed by atoms with Crippen LogP contribution in [0.5, 0.6) is 0 Å². The van der Waals surface area contributed by atoms with Gasteiger partial charge in [0, 0.05) is 22.3 Å². The highest BCUT2D eigenvalue weighted by atomic mass is 32.1. The zero-order chi connectivity index (χ0) is 13.7. The lowest BCUT2D eigenvalue weighted by Crippen LogP contribution is -2.42. The summed E-state index contributed by atoms with van der Waals surface area (Å²) < 4.78 is 0. The molecule has 4 fully saturated rings. The Morgan fingerprint density at radius 2 is 1.85 bits per heavy atom. The smallest absolute Gasteiger partial charge is 0.228 e. The number of fused-ring (bicyclic) bond motifs is 1. The average molecular weight is 289 g/mol. The molecule has 2 nitrogen and oxygen atoms in total. The number of carbonyl (C=O) groups excluding carboxylic acids is 1. The predicted molar refractivity (Wildman–Crippen MR) is 81.8 cm³/mol. The van der Waals surface area contributed by atoms with E-state index in [1.807, 2.05) is 0 Å². The SMILES string of the molecule is Cc1ccc(CC(=O)N2CC3CC4CC(C3)CC2C4)s1. The lowest BCUT2D eigenvalue weighted by molar-refractivity contribution is -0.133. The first-order valence-corrected chi connectivity index (χ1v) is 8.84. The zero-order valence-electron chi connectivity index (χ0n) is 12.2. The van der Waals surface area contributed by atoms with E-state index in [-0.39, 0.29) is 0 Å². The summed E-state index contributed by atoms with van der Waals surface area (Å²) in [4.78, 5) is 17.5. The summed E-state index contributed by atoms with van der Waals surface area (Å²) in [5, 5.41) is 0. The first-order chi connectivity index (χ1) is 9.67. The molecule has 0 radical (unpaired) electrons. The Balaban J connectivity index is 1.51. The lowest BCUT2D eigenvalue weighted by Gasteiger charge is -2.39. The van der Waals surface area contributed by atoms with Crippen LogP contribution >= 0.6 is 11.3 Å². The molecule has 2 unspecified atom stereocenters. The highest BCUT2D eigenvalue weighted by molar-refractivity contribution is 7.12. The summed E-state index contributed by atoms with van der Waals surface area (Å²) in [5.74, 6) is 3.00. The van der Waals surface area contributed by atoms with Crippen LogP contribution in [-0.2, 0) is 11.2 Å². The largest absolute Gasteiger partial charge is 0.339 e. The molecule has 20 heavy (non-hydrogen) atoms.